The van der Waals surface area contributed by atoms with Crippen LogP contribution in [0.3, 0.4) is 0 Å². The molecule has 0 bridgehead atoms. The van der Waals surface area contributed by atoms with Gasteiger partial charge in [-0.25, -0.2) is 9.78 Å². The number of rotatable bonds is 3. The molecule has 3 rings (SSSR count). The molecule has 23 heavy (non-hydrogen) atoms. The zero-order chi connectivity index (χ0) is 16.1. The number of carbonyl (C=O) groups is 1. The van der Waals surface area contributed by atoms with Gasteiger partial charge in [0.1, 0.15) is 5.82 Å². The van der Waals surface area contributed by atoms with Gasteiger partial charge < -0.3 is 19.9 Å². The number of H-pyrrole nitrogens is 1. The maximum absolute atomic E-state index is 12.0. The number of amides is 2. The highest BCUT2D eigenvalue weighted by Crippen LogP contribution is 2.18. The third-order valence-corrected chi connectivity index (χ3v) is 3.64. The van der Waals surface area contributed by atoms with Gasteiger partial charge in [-0.2, -0.15) is 5.26 Å². The lowest BCUT2D eigenvalue weighted by atomic mass is 10.1. The van der Waals surface area contributed by atoms with Gasteiger partial charge in [-0.15, -0.1) is 0 Å². The maximum atomic E-state index is 12.0. The summed E-state index contributed by atoms with van der Waals surface area (Å²) in [5, 5.41) is 11.8. The lowest BCUT2D eigenvalue weighted by Crippen LogP contribution is -2.46. The molecule has 0 spiro atoms. The molecule has 1 fully saturated rings. The van der Waals surface area contributed by atoms with Crippen molar-refractivity contribution in [2.45, 2.75) is 6.54 Å². The molecule has 1 aliphatic heterocycles. The van der Waals surface area contributed by atoms with Crippen molar-refractivity contribution in [3.8, 4) is 17.3 Å². The van der Waals surface area contributed by atoms with Crippen LogP contribution >= 0.6 is 0 Å². The summed E-state index contributed by atoms with van der Waals surface area (Å²) in [5.74, 6) is 0.670. The Hall–Kier alpha value is -2.85. The van der Waals surface area contributed by atoms with Crippen LogP contribution in [-0.4, -0.2) is 47.2 Å². The van der Waals surface area contributed by atoms with Crippen molar-refractivity contribution in [1.29, 1.82) is 5.26 Å². The molecule has 2 aromatic rings. The van der Waals surface area contributed by atoms with Gasteiger partial charge in [-0.1, -0.05) is 12.1 Å². The molecule has 2 heterocycles. The monoisotopic (exact) mass is 311 g/mol. The van der Waals surface area contributed by atoms with E-state index < -0.39 is 0 Å². The Morgan fingerprint density at radius 1 is 1.43 bits per heavy atom. The highest BCUT2D eigenvalue weighted by molar-refractivity contribution is 5.74. The van der Waals surface area contributed by atoms with Gasteiger partial charge in [-0.05, 0) is 12.1 Å². The number of urea groups is 1. The van der Waals surface area contributed by atoms with E-state index in [1.807, 2.05) is 12.1 Å². The van der Waals surface area contributed by atoms with Crippen LogP contribution < -0.4 is 5.32 Å². The molecule has 118 valence electrons. The van der Waals surface area contributed by atoms with Crippen LogP contribution in [0.5, 0.6) is 0 Å². The molecule has 0 radical (unpaired) electrons. The van der Waals surface area contributed by atoms with Crippen LogP contribution in [0.25, 0.3) is 11.3 Å². The Morgan fingerprint density at radius 3 is 3.04 bits per heavy atom. The molecule has 1 aliphatic rings. The molecule has 7 heteroatoms. The van der Waals surface area contributed by atoms with Gasteiger partial charge in [-0.3, -0.25) is 0 Å². The van der Waals surface area contributed by atoms with E-state index in [0.717, 1.165) is 11.3 Å². The summed E-state index contributed by atoms with van der Waals surface area (Å²) in [6.07, 6.45) is 1.70. The molecule has 0 saturated carbocycles. The van der Waals surface area contributed by atoms with Crippen molar-refractivity contribution in [3.63, 3.8) is 0 Å². The second-order valence-electron chi connectivity index (χ2n) is 5.19. The van der Waals surface area contributed by atoms with Gasteiger partial charge in [0, 0.05) is 18.7 Å². The number of morpholine rings is 1. The first-order valence-electron chi connectivity index (χ1n) is 7.41. The molecule has 7 nitrogen and oxygen atoms in total. The first-order valence-corrected chi connectivity index (χ1v) is 7.41. The van der Waals surface area contributed by atoms with Crippen molar-refractivity contribution in [2.75, 3.05) is 26.3 Å². The standard InChI is InChI=1S/C16H17N5O2/c17-9-12-2-1-3-13(8-12)14-10-18-15(20-14)11-19-16(22)21-4-6-23-7-5-21/h1-3,8,10H,4-7,11H2,(H,18,20)(H,19,22). The predicted octanol–water partition coefficient (Wildman–Crippen LogP) is 1.49. The number of aromatic amines is 1. The zero-order valence-electron chi connectivity index (χ0n) is 12.6. The third-order valence-electron chi connectivity index (χ3n) is 3.64. The van der Waals surface area contributed by atoms with E-state index in [1.54, 1.807) is 23.2 Å². The predicted molar refractivity (Wildman–Crippen MR) is 83.4 cm³/mol. The lowest BCUT2D eigenvalue weighted by molar-refractivity contribution is 0.0531. The number of benzene rings is 1. The van der Waals surface area contributed by atoms with Crippen LogP contribution in [0.4, 0.5) is 4.79 Å². The number of nitriles is 1. The highest BCUT2D eigenvalue weighted by atomic mass is 16.5. The van der Waals surface area contributed by atoms with Crippen LogP contribution in [0.2, 0.25) is 0 Å². The smallest absolute Gasteiger partial charge is 0.317 e. The number of hydrogen-bond acceptors (Lipinski definition) is 4. The van der Waals surface area contributed by atoms with Crippen LogP contribution in [0.15, 0.2) is 30.5 Å². The second kappa shape index (κ2) is 6.94. The number of carbonyl (C=O) groups excluding carboxylic acids is 1. The number of hydrogen-bond donors (Lipinski definition) is 2. The molecule has 0 aliphatic carbocycles. The van der Waals surface area contributed by atoms with Crippen LogP contribution in [0, 0.1) is 11.3 Å². The van der Waals surface area contributed by atoms with Crippen molar-refractivity contribution in [1.82, 2.24) is 20.2 Å². The van der Waals surface area contributed by atoms with Gasteiger partial charge in [0.2, 0.25) is 0 Å². The number of nitrogens with zero attached hydrogens (tertiary/aromatic N) is 3. The van der Waals surface area contributed by atoms with Crippen LogP contribution in [0.1, 0.15) is 11.4 Å². The molecule has 0 unspecified atom stereocenters. The van der Waals surface area contributed by atoms with E-state index in [-0.39, 0.29) is 6.03 Å². The van der Waals surface area contributed by atoms with E-state index >= 15 is 0 Å². The fourth-order valence-corrected chi connectivity index (χ4v) is 2.39. The topological polar surface area (TPSA) is 94.0 Å². The molecule has 1 saturated heterocycles. The van der Waals surface area contributed by atoms with Gasteiger partial charge in [0.15, 0.2) is 0 Å². The van der Waals surface area contributed by atoms with Crippen molar-refractivity contribution < 1.29 is 9.53 Å². The number of ether oxygens (including phenoxy) is 1. The number of aromatic nitrogens is 2. The first-order chi connectivity index (χ1) is 11.3. The summed E-state index contributed by atoms with van der Waals surface area (Å²) in [7, 11) is 0. The Kier molecular flexibility index (Phi) is 4.54. The number of nitrogens with one attached hydrogen (secondary N) is 2. The Balaban J connectivity index is 1.61. The zero-order valence-corrected chi connectivity index (χ0v) is 12.6. The molecule has 1 aromatic carbocycles. The average molecular weight is 311 g/mol. The van der Waals surface area contributed by atoms with Crippen LogP contribution in [-0.2, 0) is 11.3 Å². The number of imidazole rings is 1. The largest absolute Gasteiger partial charge is 0.378 e. The summed E-state index contributed by atoms with van der Waals surface area (Å²) in [4.78, 5) is 21.2. The van der Waals surface area contributed by atoms with Crippen molar-refractivity contribution in [2.24, 2.45) is 0 Å². The van der Waals surface area contributed by atoms with E-state index in [1.165, 1.54) is 0 Å². The Labute approximate surface area is 133 Å². The van der Waals surface area contributed by atoms with Gasteiger partial charge in [0.25, 0.3) is 0 Å². The summed E-state index contributed by atoms with van der Waals surface area (Å²) in [6.45, 7) is 2.70. The Bertz CT molecular complexity index is 728. The molecule has 2 amide bonds. The van der Waals surface area contributed by atoms with Gasteiger partial charge in [0.05, 0.1) is 43.3 Å². The third kappa shape index (κ3) is 3.67. The van der Waals surface area contributed by atoms with Crippen molar-refractivity contribution >= 4 is 6.03 Å². The minimum atomic E-state index is -0.113. The maximum Gasteiger partial charge on any atom is 0.317 e. The second-order valence-corrected chi connectivity index (χ2v) is 5.19. The van der Waals surface area contributed by atoms with Crippen molar-refractivity contribution in [3.05, 3.63) is 41.9 Å². The molecule has 0 atom stereocenters. The Morgan fingerprint density at radius 2 is 2.26 bits per heavy atom. The average Bonchev–Trinajstić information content (AvgIpc) is 3.09. The van der Waals surface area contributed by atoms with E-state index in [4.69, 9.17) is 10.00 Å². The van der Waals surface area contributed by atoms with E-state index in [2.05, 4.69) is 21.4 Å². The fourth-order valence-electron chi connectivity index (χ4n) is 2.39. The summed E-state index contributed by atoms with van der Waals surface area (Å²) >= 11 is 0. The van der Waals surface area contributed by atoms with Gasteiger partial charge >= 0.3 is 6.03 Å². The SMILES string of the molecule is N#Cc1cccc(-c2cnc(CNC(=O)N3CCOCC3)[nH]2)c1. The normalized spacial score (nSPS) is 14.3. The first kappa shape index (κ1) is 15.1. The summed E-state index contributed by atoms with van der Waals surface area (Å²) < 4.78 is 5.22. The molecule has 1 aromatic heterocycles. The minimum Gasteiger partial charge on any atom is -0.378 e. The fraction of sp³-hybridized carbons (Fsp3) is 0.312. The lowest BCUT2D eigenvalue weighted by Gasteiger charge is -2.26. The summed E-state index contributed by atoms with van der Waals surface area (Å²) in [6, 6.07) is 9.28. The van der Waals surface area contributed by atoms with E-state index in [0.29, 0.717) is 44.2 Å². The highest BCUT2D eigenvalue weighted by Gasteiger charge is 2.16. The quantitative estimate of drug-likeness (QED) is 0.898. The molecular weight excluding hydrogens is 294 g/mol. The molecule has 2 N–H and O–H groups in total. The summed E-state index contributed by atoms with van der Waals surface area (Å²) in [5.41, 5.74) is 2.30. The minimum absolute atomic E-state index is 0.113. The molecular formula is C16H17N5O2. The van der Waals surface area contributed by atoms with E-state index in [9.17, 15) is 4.79 Å².